The van der Waals surface area contributed by atoms with Crippen molar-refractivity contribution in [3.05, 3.63) is 58.1 Å². The summed E-state index contributed by atoms with van der Waals surface area (Å²) in [7, 11) is 3.25. The number of benzene rings is 2. The van der Waals surface area contributed by atoms with Crippen LogP contribution in [0.2, 0.25) is 5.02 Å². The second kappa shape index (κ2) is 7.06. The van der Waals surface area contributed by atoms with Gasteiger partial charge in [0.25, 0.3) is 0 Å². The molecule has 21 heavy (non-hydrogen) atoms. The van der Waals surface area contributed by atoms with Crippen molar-refractivity contribution in [2.75, 3.05) is 14.2 Å². The maximum atomic E-state index is 6.52. The normalized spacial score (nSPS) is 12.0. The molecule has 0 fully saturated rings. The molecule has 1 unspecified atom stereocenters. The maximum Gasteiger partial charge on any atom is 0.160 e. The Balaban J connectivity index is 2.18. The molecule has 0 aliphatic heterocycles. The summed E-state index contributed by atoms with van der Waals surface area (Å²) in [6.45, 7) is 1.98. The van der Waals surface area contributed by atoms with Gasteiger partial charge in [-0.3, -0.25) is 0 Å². The van der Waals surface area contributed by atoms with Crippen LogP contribution in [0.4, 0.5) is 0 Å². The zero-order chi connectivity index (χ0) is 15.4. The quantitative estimate of drug-likeness (QED) is 0.705. The highest BCUT2D eigenvalue weighted by atomic mass is 35.5. The predicted octanol–water partition coefficient (Wildman–Crippen LogP) is 5.19. The van der Waals surface area contributed by atoms with Crippen LogP contribution in [-0.2, 0) is 6.42 Å². The summed E-state index contributed by atoms with van der Waals surface area (Å²) < 4.78 is 10.6. The summed E-state index contributed by atoms with van der Waals surface area (Å²) in [6, 6.07) is 11.7. The van der Waals surface area contributed by atoms with E-state index in [2.05, 4.69) is 0 Å². The zero-order valence-corrected chi connectivity index (χ0v) is 13.8. The molecule has 4 heteroatoms. The van der Waals surface area contributed by atoms with E-state index in [-0.39, 0.29) is 5.38 Å². The molecule has 0 N–H and O–H groups in total. The van der Waals surface area contributed by atoms with Crippen molar-refractivity contribution in [2.24, 2.45) is 0 Å². The number of ether oxygens (including phenoxy) is 2. The number of methoxy groups -OCH3 is 2. The van der Waals surface area contributed by atoms with Crippen molar-refractivity contribution in [1.82, 2.24) is 0 Å². The van der Waals surface area contributed by atoms with Crippen molar-refractivity contribution in [2.45, 2.75) is 18.7 Å². The third-order valence-electron chi connectivity index (χ3n) is 3.41. The molecular formula is C17H18Cl2O2. The van der Waals surface area contributed by atoms with Crippen molar-refractivity contribution in [1.29, 1.82) is 0 Å². The van der Waals surface area contributed by atoms with Gasteiger partial charge in [-0.2, -0.15) is 0 Å². The first-order chi connectivity index (χ1) is 10.0. The topological polar surface area (TPSA) is 18.5 Å². The average molecular weight is 325 g/mol. The number of alkyl halides is 1. The van der Waals surface area contributed by atoms with E-state index in [0.29, 0.717) is 12.2 Å². The second-order valence-corrected chi connectivity index (χ2v) is 5.80. The lowest BCUT2D eigenvalue weighted by Gasteiger charge is -2.13. The highest BCUT2D eigenvalue weighted by molar-refractivity contribution is 6.31. The first-order valence-corrected chi connectivity index (χ1v) is 7.47. The van der Waals surface area contributed by atoms with Gasteiger partial charge < -0.3 is 9.47 Å². The highest BCUT2D eigenvalue weighted by Crippen LogP contribution is 2.32. The Morgan fingerprint density at radius 2 is 1.71 bits per heavy atom. The number of hydrogen-bond donors (Lipinski definition) is 0. The number of halogens is 2. The van der Waals surface area contributed by atoms with Gasteiger partial charge in [-0.05, 0) is 48.2 Å². The first kappa shape index (κ1) is 16.0. The predicted molar refractivity (Wildman–Crippen MR) is 88.0 cm³/mol. The fourth-order valence-electron chi connectivity index (χ4n) is 2.20. The average Bonchev–Trinajstić information content (AvgIpc) is 2.49. The maximum absolute atomic E-state index is 6.52. The fraction of sp³-hybridized carbons (Fsp3) is 0.294. The van der Waals surface area contributed by atoms with E-state index in [1.54, 1.807) is 14.2 Å². The van der Waals surface area contributed by atoms with Gasteiger partial charge in [0.2, 0.25) is 0 Å². The van der Waals surface area contributed by atoms with Crippen LogP contribution in [0, 0.1) is 6.92 Å². The van der Waals surface area contributed by atoms with Gasteiger partial charge in [0, 0.05) is 5.02 Å². The molecule has 0 radical (unpaired) electrons. The molecule has 0 saturated carbocycles. The molecule has 0 bridgehead atoms. The molecule has 2 nitrogen and oxygen atoms in total. The fourth-order valence-corrected chi connectivity index (χ4v) is 2.63. The molecule has 112 valence electrons. The van der Waals surface area contributed by atoms with Crippen LogP contribution in [0.1, 0.15) is 22.1 Å². The van der Waals surface area contributed by atoms with Crippen molar-refractivity contribution in [3.8, 4) is 11.5 Å². The van der Waals surface area contributed by atoms with Gasteiger partial charge in [0.15, 0.2) is 11.5 Å². The van der Waals surface area contributed by atoms with Crippen molar-refractivity contribution >= 4 is 23.2 Å². The molecule has 0 heterocycles. The summed E-state index contributed by atoms with van der Waals surface area (Å²) in [6.07, 6.45) is 0.711. The SMILES string of the molecule is COc1ccc(CC(Cl)c2ccc(Cl)c(C)c2)cc1OC. The third kappa shape index (κ3) is 3.84. The largest absolute Gasteiger partial charge is 0.493 e. The van der Waals surface area contributed by atoms with Gasteiger partial charge in [0.1, 0.15) is 0 Å². The Morgan fingerprint density at radius 1 is 1.00 bits per heavy atom. The van der Waals surface area contributed by atoms with Crippen LogP contribution in [-0.4, -0.2) is 14.2 Å². The lowest BCUT2D eigenvalue weighted by Crippen LogP contribution is -1.98. The molecule has 2 rings (SSSR count). The summed E-state index contributed by atoms with van der Waals surface area (Å²) >= 11 is 12.6. The van der Waals surface area contributed by atoms with Gasteiger partial charge in [-0.15, -0.1) is 11.6 Å². The molecule has 2 aromatic carbocycles. The molecule has 0 aromatic heterocycles. The minimum Gasteiger partial charge on any atom is -0.493 e. The van der Waals surface area contributed by atoms with Gasteiger partial charge in [-0.1, -0.05) is 29.8 Å². The molecule has 2 aromatic rings. The Hall–Kier alpha value is -1.38. The number of hydrogen-bond acceptors (Lipinski definition) is 2. The van der Waals surface area contributed by atoms with Crippen LogP contribution in [0.15, 0.2) is 36.4 Å². The van der Waals surface area contributed by atoms with Crippen LogP contribution in [0.5, 0.6) is 11.5 Å². The minimum atomic E-state index is -0.112. The monoisotopic (exact) mass is 324 g/mol. The molecule has 0 saturated heterocycles. The van der Waals surface area contributed by atoms with Gasteiger partial charge >= 0.3 is 0 Å². The molecule has 0 spiro atoms. The summed E-state index contributed by atoms with van der Waals surface area (Å²) in [5.74, 6) is 1.43. The molecule has 0 amide bonds. The van der Waals surface area contributed by atoms with Crippen molar-refractivity contribution in [3.63, 3.8) is 0 Å². The second-order valence-electron chi connectivity index (χ2n) is 4.87. The molecule has 1 atom stereocenters. The number of rotatable bonds is 5. The van der Waals surface area contributed by atoms with E-state index in [9.17, 15) is 0 Å². The summed E-state index contributed by atoms with van der Waals surface area (Å²) in [4.78, 5) is 0. The lowest BCUT2D eigenvalue weighted by atomic mass is 10.0. The Kier molecular flexibility index (Phi) is 5.38. The Morgan fingerprint density at radius 3 is 2.33 bits per heavy atom. The molecule has 0 aliphatic carbocycles. The van der Waals surface area contributed by atoms with E-state index in [1.807, 2.05) is 43.3 Å². The van der Waals surface area contributed by atoms with Gasteiger partial charge in [-0.25, -0.2) is 0 Å². The van der Waals surface area contributed by atoms with E-state index >= 15 is 0 Å². The highest BCUT2D eigenvalue weighted by Gasteiger charge is 2.12. The molecular weight excluding hydrogens is 307 g/mol. The van der Waals surface area contributed by atoms with E-state index < -0.39 is 0 Å². The van der Waals surface area contributed by atoms with Crippen LogP contribution in [0.3, 0.4) is 0 Å². The van der Waals surface area contributed by atoms with Gasteiger partial charge in [0.05, 0.1) is 19.6 Å². The van der Waals surface area contributed by atoms with Crippen LogP contribution in [0.25, 0.3) is 0 Å². The van der Waals surface area contributed by atoms with Crippen molar-refractivity contribution < 1.29 is 9.47 Å². The van der Waals surface area contributed by atoms with E-state index in [0.717, 1.165) is 27.5 Å². The summed E-state index contributed by atoms with van der Waals surface area (Å²) in [5.41, 5.74) is 3.20. The first-order valence-electron chi connectivity index (χ1n) is 6.66. The minimum absolute atomic E-state index is 0.112. The molecule has 0 aliphatic rings. The lowest BCUT2D eigenvalue weighted by molar-refractivity contribution is 0.354. The summed E-state index contributed by atoms with van der Waals surface area (Å²) in [5, 5.41) is 0.646. The third-order valence-corrected chi connectivity index (χ3v) is 4.24. The van der Waals surface area contributed by atoms with Crippen LogP contribution < -0.4 is 9.47 Å². The Bertz CT molecular complexity index is 626. The standard InChI is InChI=1S/C17H18Cl2O2/c1-11-8-13(5-6-14(11)18)15(19)9-12-4-7-16(20-2)17(10-12)21-3/h4-8,10,15H,9H2,1-3H3. The van der Waals surface area contributed by atoms with E-state index in [1.165, 1.54) is 0 Å². The van der Waals surface area contributed by atoms with E-state index in [4.69, 9.17) is 32.7 Å². The number of aryl methyl sites for hydroxylation is 1. The smallest absolute Gasteiger partial charge is 0.160 e. The zero-order valence-electron chi connectivity index (χ0n) is 12.3. The van der Waals surface area contributed by atoms with Crippen LogP contribution >= 0.6 is 23.2 Å². The Labute approximate surface area is 135 Å².